The smallest absolute Gasteiger partial charge is 0.251 e. The Balaban J connectivity index is 2.03. The van der Waals surface area contributed by atoms with Crippen LogP contribution in [-0.4, -0.2) is 15.9 Å². The monoisotopic (exact) mass is 252 g/mol. The highest BCUT2D eigenvalue weighted by molar-refractivity contribution is 5.94. The van der Waals surface area contributed by atoms with Gasteiger partial charge in [0.2, 0.25) is 0 Å². The molecule has 2 aromatic rings. The lowest BCUT2D eigenvalue weighted by Gasteiger charge is -2.05. The number of carbonyl (C=O) groups is 1. The zero-order valence-corrected chi connectivity index (χ0v) is 10.4. The molecule has 0 bridgehead atoms. The van der Waals surface area contributed by atoms with Crippen molar-refractivity contribution in [1.82, 2.24) is 15.3 Å². The van der Waals surface area contributed by atoms with Crippen LogP contribution in [0.2, 0.25) is 0 Å². The first-order valence-corrected chi connectivity index (χ1v) is 5.76. The summed E-state index contributed by atoms with van der Waals surface area (Å²) in [6.07, 6.45) is 1.65. The van der Waals surface area contributed by atoms with E-state index in [1.54, 1.807) is 43.5 Å². The minimum Gasteiger partial charge on any atom is -0.346 e. The summed E-state index contributed by atoms with van der Waals surface area (Å²) in [5, 5.41) is 11.5. The normalized spacial score (nSPS) is 9.68. The molecule has 1 aromatic heterocycles. The first kappa shape index (κ1) is 12.7. The third-order valence-electron chi connectivity index (χ3n) is 2.52. The standard InChI is InChI=1S/C14H12N4O/c1-10-16-6-5-13(18-10)9-17-14(19)12-4-2-3-11(7-12)8-15/h2-7H,9H2,1H3,(H,17,19). The number of hydrogen-bond acceptors (Lipinski definition) is 4. The van der Waals surface area contributed by atoms with E-state index in [2.05, 4.69) is 15.3 Å². The van der Waals surface area contributed by atoms with E-state index in [1.807, 2.05) is 6.07 Å². The molecule has 19 heavy (non-hydrogen) atoms. The van der Waals surface area contributed by atoms with Crippen LogP contribution in [0.4, 0.5) is 0 Å². The van der Waals surface area contributed by atoms with Crippen molar-refractivity contribution in [2.75, 3.05) is 0 Å². The van der Waals surface area contributed by atoms with Gasteiger partial charge in [-0.15, -0.1) is 0 Å². The molecule has 2 rings (SSSR count). The van der Waals surface area contributed by atoms with Crippen molar-refractivity contribution in [2.45, 2.75) is 13.5 Å². The molecule has 0 aliphatic carbocycles. The summed E-state index contributed by atoms with van der Waals surface area (Å²) in [7, 11) is 0. The van der Waals surface area contributed by atoms with Gasteiger partial charge >= 0.3 is 0 Å². The molecule has 5 heteroatoms. The van der Waals surface area contributed by atoms with E-state index in [1.165, 1.54) is 0 Å². The number of nitrogens with zero attached hydrogens (tertiary/aromatic N) is 3. The molecule has 0 aliphatic heterocycles. The molecule has 94 valence electrons. The SMILES string of the molecule is Cc1nccc(CNC(=O)c2cccc(C#N)c2)n1. The van der Waals surface area contributed by atoms with E-state index in [0.717, 1.165) is 5.69 Å². The van der Waals surface area contributed by atoms with Crippen LogP contribution in [0.25, 0.3) is 0 Å². The van der Waals surface area contributed by atoms with Crippen LogP contribution in [0.3, 0.4) is 0 Å². The average Bonchev–Trinajstić information content (AvgIpc) is 2.45. The summed E-state index contributed by atoms with van der Waals surface area (Å²) in [5.74, 6) is 0.437. The summed E-state index contributed by atoms with van der Waals surface area (Å²) in [6.45, 7) is 2.13. The van der Waals surface area contributed by atoms with E-state index in [4.69, 9.17) is 5.26 Å². The molecule has 0 saturated carbocycles. The van der Waals surface area contributed by atoms with Crippen LogP contribution >= 0.6 is 0 Å². The summed E-state index contributed by atoms with van der Waals surface area (Å²) < 4.78 is 0. The quantitative estimate of drug-likeness (QED) is 0.899. The van der Waals surface area contributed by atoms with E-state index < -0.39 is 0 Å². The number of nitrogens with one attached hydrogen (secondary N) is 1. The number of carbonyl (C=O) groups excluding carboxylic acids is 1. The molecule has 1 aromatic carbocycles. The molecule has 0 radical (unpaired) electrons. The maximum Gasteiger partial charge on any atom is 0.251 e. The number of benzene rings is 1. The van der Waals surface area contributed by atoms with Gasteiger partial charge in [-0.3, -0.25) is 4.79 Å². The third-order valence-corrected chi connectivity index (χ3v) is 2.52. The van der Waals surface area contributed by atoms with Crippen molar-refractivity contribution in [3.8, 4) is 6.07 Å². The topological polar surface area (TPSA) is 78.7 Å². The Bertz CT molecular complexity index is 646. The van der Waals surface area contributed by atoms with Gasteiger partial charge in [-0.1, -0.05) is 6.07 Å². The molecule has 0 aliphatic rings. The highest BCUT2D eigenvalue weighted by Crippen LogP contribution is 2.04. The Hall–Kier alpha value is -2.74. The molecule has 0 fully saturated rings. The van der Waals surface area contributed by atoms with Gasteiger partial charge < -0.3 is 5.32 Å². The average molecular weight is 252 g/mol. The predicted octanol–water partition coefficient (Wildman–Crippen LogP) is 1.59. The molecule has 0 atom stereocenters. The first-order chi connectivity index (χ1) is 9.19. The van der Waals surface area contributed by atoms with Crippen LogP contribution < -0.4 is 5.32 Å². The van der Waals surface area contributed by atoms with Crippen LogP contribution in [0.15, 0.2) is 36.5 Å². The largest absolute Gasteiger partial charge is 0.346 e. The second-order valence-corrected chi connectivity index (χ2v) is 3.97. The third kappa shape index (κ3) is 3.36. The maximum atomic E-state index is 11.9. The minimum absolute atomic E-state index is 0.228. The number of amides is 1. The Kier molecular flexibility index (Phi) is 3.84. The minimum atomic E-state index is -0.228. The Morgan fingerprint density at radius 2 is 2.26 bits per heavy atom. The summed E-state index contributed by atoms with van der Waals surface area (Å²) >= 11 is 0. The number of aryl methyl sites for hydroxylation is 1. The van der Waals surface area contributed by atoms with Crippen LogP contribution in [0.1, 0.15) is 27.4 Å². The fourth-order valence-corrected chi connectivity index (χ4v) is 1.61. The summed E-state index contributed by atoms with van der Waals surface area (Å²) in [6, 6.07) is 10.3. The molecule has 1 N–H and O–H groups in total. The van der Waals surface area contributed by atoms with Crippen molar-refractivity contribution in [3.05, 3.63) is 59.2 Å². The van der Waals surface area contributed by atoms with Gasteiger partial charge in [0.25, 0.3) is 5.91 Å². The number of hydrogen-bond donors (Lipinski definition) is 1. The Morgan fingerprint density at radius 1 is 1.42 bits per heavy atom. The zero-order chi connectivity index (χ0) is 13.7. The highest BCUT2D eigenvalue weighted by atomic mass is 16.1. The van der Waals surface area contributed by atoms with Crippen molar-refractivity contribution >= 4 is 5.91 Å². The zero-order valence-electron chi connectivity index (χ0n) is 10.4. The van der Waals surface area contributed by atoms with Gasteiger partial charge in [0, 0.05) is 11.8 Å². The molecule has 0 spiro atoms. The van der Waals surface area contributed by atoms with E-state index >= 15 is 0 Å². The predicted molar refractivity (Wildman–Crippen MR) is 69.1 cm³/mol. The van der Waals surface area contributed by atoms with Gasteiger partial charge in [-0.05, 0) is 31.2 Å². The second-order valence-electron chi connectivity index (χ2n) is 3.97. The molecule has 1 heterocycles. The number of aromatic nitrogens is 2. The van der Waals surface area contributed by atoms with Crippen molar-refractivity contribution in [3.63, 3.8) is 0 Å². The lowest BCUT2D eigenvalue weighted by atomic mass is 10.1. The second kappa shape index (κ2) is 5.74. The number of nitriles is 1. The Morgan fingerprint density at radius 3 is 3.00 bits per heavy atom. The van der Waals surface area contributed by atoms with Gasteiger partial charge in [0.1, 0.15) is 5.82 Å². The fraction of sp³-hybridized carbons (Fsp3) is 0.143. The van der Waals surface area contributed by atoms with E-state index in [-0.39, 0.29) is 5.91 Å². The van der Waals surface area contributed by atoms with E-state index in [0.29, 0.717) is 23.5 Å². The van der Waals surface area contributed by atoms with Gasteiger partial charge in [0.05, 0.1) is 23.9 Å². The molecule has 1 amide bonds. The first-order valence-electron chi connectivity index (χ1n) is 5.76. The molecule has 0 saturated heterocycles. The highest BCUT2D eigenvalue weighted by Gasteiger charge is 2.06. The molecular weight excluding hydrogens is 240 g/mol. The van der Waals surface area contributed by atoms with Crippen molar-refractivity contribution < 1.29 is 4.79 Å². The Labute approximate surface area is 110 Å². The summed E-state index contributed by atoms with van der Waals surface area (Å²) in [4.78, 5) is 20.1. The van der Waals surface area contributed by atoms with Crippen molar-refractivity contribution in [1.29, 1.82) is 5.26 Å². The fourth-order valence-electron chi connectivity index (χ4n) is 1.61. The molecular formula is C14H12N4O. The van der Waals surface area contributed by atoms with Crippen LogP contribution in [0, 0.1) is 18.3 Å². The lowest BCUT2D eigenvalue weighted by molar-refractivity contribution is 0.0950. The van der Waals surface area contributed by atoms with E-state index in [9.17, 15) is 4.79 Å². The summed E-state index contributed by atoms with van der Waals surface area (Å²) in [5.41, 5.74) is 1.67. The van der Waals surface area contributed by atoms with Gasteiger partial charge in [-0.2, -0.15) is 5.26 Å². The molecule has 5 nitrogen and oxygen atoms in total. The van der Waals surface area contributed by atoms with Gasteiger partial charge in [0.15, 0.2) is 0 Å². The molecule has 0 unspecified atom stereocenters. The maximum absolute atomic E-state index is 11.9. The van der Waals surface area contributed by atoms with Crippen LogP contribution in [-0.2, 0) is 6.54 Å². The van der Waals surface area contributed by atoms with Crippen molar-refractivity contribution in [2.24, 2.45) is 0 Å². The number of rotatable bonds is 3. The lowest BCUT2D eigenvalue weighted by Crippen LogP contribution is -2.23. The van der Waals surface area contributed by atoms with Crippen LogP contribution in [0.5, 0.6) is 0 Å². The van der Waals surface area contributed by atoms with Gasteiger partial charge in [-0.25, -0.2) is 9.97 Å².